The van der Waals surface area contributed by atoms with E-state index in [2.05, 4.69) is 32.9 Å². The Morgan fingerprint density at radius 3 is 2.32 bits per heavy atom. The molecule has 1 aromatic heterocycles. The van der Waals surface area contributed by atoms with E-state index < -0.39 is 6.29 Å². The number of amides is 1. The second kappa shape index (κ2) is 11.5. The molecule has 0 fully saturated rings. The number of carbonyl (C=O) groups excluding carboxylic acids is 1. The van der Waals surface area contributed by atoms with Crippen LogP contribution in [0.3, 0.4) is 0 Å². The summed E-state index contributed by atoms with van der Waals surface area (Å²) in [6.45, 7) is 8.78. The van der Waals surface area contributed by atoms with Crippen LogP contribution in [-0.2, 0) is 21.3 Å². The van der Waals surface area contributed by atoms with Crippen LogP contribution in [0.15, 0.2) is 95.4 Å². The van der Waals surface area contributed by atoms with Crippen molar-refractivity contribution in [3.05, 3.63) is 108 Å². The zero-order chi connectivity index (χ0) is 29.1. The molecule has 0 bridgehead atoms. The Hall–Kier alpha value is -4.52. The Balaban J connectivity index is 1.48. The number of hydrogen-bond acceptors (Lipinski definition) is 6. The normalized spacial score (nSPS) is 14.7. The Labute approximate surface area is 242 Å². The lowest BCUT2D eigenvalue weighted by atomic mass is 9.87. The minimum absolute atomic E-state index is 0.0190. The molecule has 0 N–H and O–H groups in total. The molecule has 1 unspecified atom stereocenters. The largest absolute Gasteiger partial charge is 0.457 e. The number of benzene rings is 3. The summed E-state index contributed by atoms with van der Waals surface area (Å²) in [4.78, 5) is 22.4. The van der Waals surface area contributed by atoms with E-state index in [1.807, 2.05) is 92.6 Å². The van der Waals surface area contributed by atoms with Crippen molar-refractivity contribution in [3.63, 3.8) is 0 Å². The van der Waals surface area contributed by atoms with Crippen LogP contribution in [-0.4, -0.2) is 42.7 Å². The highest BCUT2D eigenvalue weighted by Gasteiger charge is 2.32. The SMILES string of the molecule is CCN(C(=O)c1nc(-c2ccc(C(C)(C)C)cc2)oc1-c1cccc(N(C)C)c1)C1=COC(Cc2ccccc2)O1. The predicted molar refractivity (Wildman–Crippen MR) is 161 cm³/mol. The topological polar surface area (TPSA) is 68.0 Å². The van der Waals surface area contributed by atoms with Gasteiger partial charge in [0.25, 0.3) is 5.91 Å². The molecule has 1 aliphatic heterocycles. The van der Waals surface area contributed by atoms with Crippen molar-refractivity contribution in [1.82, 2.24) is 9.88 Å². The first-order valence-electron chi connectivity index (χ1n) is 13.9. The van der Waals surface area contributed by atoms with Gasteiger partial charge in [-0.1, -0.05) is 75.4 Å². The molecule has 2 heterocycles. The number of hydrogen-bond donors (Lipinski definition) is 0. The molecule has 212 valence electrons. The van der Waals surface area contributed by atoms with Crippen molar-refractivity contribution in [1.29, 1.82) is 0 Å². The fourth-order valence-corrected chi connectivity index (χ4v) is 4.70. The molecule has 7 nitrogen and oxygen atoms in total. The molecule has 4 aromatic rings. The molecule has 0 saturated carbocycles. The Bertz CT molecular complexity index is 1530. The monoisotopic (exact) mass is 551 g/mol. The fourth-order valence-electron chi connectivity index (χ4n) is 4.70. The van der Waals surface area contributed by atoms with Crippen LogP contribution >= 0.6 is 0 Å². The third-order valence-corrected chi connectivity index (χ3v) is 7.10. The van der Waals surface area contributed by atoms with Crippen molar-refractivity contribution in [2.75, 3.05) is 25.5 Å². The number of rotatable bonds is 8. The van der Waals surface area contributed by atoms with Crippen molar-refractivity contribution in [3.8, 4) is 22.8 Å². The van der Waals surface area contributed by atoms with E-state index in [0.29, 0.717) is 30.5 Å². The number of oxazole rings is 1. The van der Waals surface area contributed by atoms with E-state index in [1.54, 1.807) is 0 Å². The Morgan fingerprint density at radius 1 is 0.927 bits per heavy atom. The number of carbonyl (C=O) groups is 1. The fraction of sp³-hybridized carbons (Fsp3) is 0.294. The standard InChI is InChI=1S/C34H37N3O4/c1-7-37(28-22-39-29(40-28)20-23-12-9-8-10-13-23)33(38)30-31(25-14-11-15-27(21-25)36(5)6)41-32(35-30)24-16-18-26(19-17-24)34(2,3)4/h8-19,21-22,29H,7,20H2,1-6H3. The van der Waals surface area contributed by atoms with Gasteiger partial charge >= 0.3 is 0 Å². The van der Waals surface area contributed by atoms with Gasteiger partial charge in [-0.15, -0.1) is 0 Å². The highest BCUT2D eigenvalue weighted by Crippen LogP contribution is 2.34. The first-order chi connectivity index (χ1) is 19.6. The van der Waals surface area contributed by atoms with Crippen LogP contribution in [0.4, 0.5) is 5.69 Å². The second-order valence-electron chi connectivity index (χ2n) is 11.3. The smallest absolute Gasteiger partial charge is 0.283 e. The summed E-state index contributed by atoms with van der Waals surface area (Å²) >= 11 is 0. The number of nitrogens with zero attached hydrogens (tertiary/aromatic N) is 3. The molecule has 0 saturated heterocycles. The third kappa shape index (κ3) is 6.14. The van der Waals surface area contributed by atoms with Gasteiger partial charge in [-0.2, -0.15) is 0 Å². The molecule has 0 aliphatic carbocycles. The van der Waals surface area contributed by atoms with Crippen molar-refractivity contribution < 1.29 is 18.7 Å². The zero-order valence-electron chi connectivity index (χ0n) is 24.5. The maximum absolute atomic E-state index is 14.1. The first-order valence-corrected chi connectivity index (χ1v) is 13.9. The maximum Gasteiger partial charge on any atom is 0.283 e. The summed E-state index contributed by atoms with van der Waals surface area (Å²) in [5, 5.41) is 0. The molecule has 1 amide bonds. The number of aromatic nitrogens is 1. The van der Waals surface area contributed by atoms with Crippen LogP contribution < -0.4 is 4.90 Å². The predicted octanol–water partition coefficient (Wildman–Crippen LogP) is 7.25. The highest BCUT2D eigenvalue weighted by atomic mass is 16.7. The molecular weight excluding hydrogens is 514 g/mol. The van der Waals surface area contributed by atoms with Crippen molar-refractivity contribution in [2.45, 2.75) is 45.8 Å². The number of ether oxygens (including phenoxy) is 2. The van der Waals surface area contributed by atoms with Crippen LogP contribution in [0.5, 0.6) is 0 Å². The minimum Gasteiger partial charge on any atom is -0.457 e. The van der Waals surface area contributed by atoms with Gasteiger partial charge in [-0.25, -0.2) is 4.98 Å². The van der Waals surface area contributed by atoms with E-state index in [1.165, 1.54) is 16.7 Å². The van der Waals surface area contributed by atoms with Crippen LogP contribution in [0.1, 0.15) is 49.3 Å². The lowest BCUT2D eigenvalue weighted by Gasteiger charge is -2.21. The zero-order valence-corrected chi connectivity index (χ0v) is 24.5. The van der Waals surface area contributed by atoms with E-state index in [4.69, 9.17) is 18.9 Å². The summed E-state index contributed by atoms with van der Waals surface area (Å²) in [5.41, 5.74) is 5.07. The summed E-state index contributed by atoms with van der Waals surface area (Å²) in [6.07, 6.45) is 1.56. The van der Waals surface area contributed by atoms with Gasteiger partial charge in [0.15, 0.2) is 11.5 Å². The van der Waals surface area contributed by atoms with Gasteiger partial charge in [0.2, 0.25) is 18.1 Å². The Morgan fingerprint density at radius 2 is 1.66 bits per heavy atom. The van der Waals surface area contributed by atoms with Crippen LogP contribution in [0.2, 0.25) is 0 Å². The second-order valence-corrected chi connectivity index (χ2v) is 11.3. The molecule has 1 aliphatic rings. The first kappa shape index (κ1) is 28.0. The summed E-state index contributed by atoms with van der Waals surface area (Å²) in [5.74, 6) is 0.821. The van der Waals surface area contributed by atoms with Crippen LogP contribution in [0.25, 0.3) is 22.8 Å². The molecule has 7 heteroatoms. The molecule has 0 radical (unpaired) electrons. The van der Waals surface area contributed by atoms with E-state index >= 15 is 0 Å². The van der Waals surface area contributed by atoms with Gasteiger partial charge < -0.3 is 18.8 Å². The van der Waals surface area contributed by atoms with E-state index in [9.17, 15) is 4.79 Å². The summed E-state index contributed by atoms with van der Waals surface area (Å²) < 4.78 is 18.2. The molecule has 41 heavy (non-hydrogen) atoms. The highest BCUT2D eigenvalue weighted by molar-refractivity contribution is 5.99. The Kier molecular flexibility index (Phi) is 7.88. The van der Waals surface area contributed by atoms with Crippen molar-refractivity contribution >= 4 is 11.6 Å². The van der Waals surface area contributed by atoms with Crippen molar-refractivity contribution in [2.24, 2.45) is 0 Å². The molecule has 5 rings (SSSR count). The van der Waals surface area contributed by atoms with Gasteiger partial charge in [0.05, 0.1) is 0 Å². The lowest BCUT2D eigenvalue weighted by Crippen LogP contribution is -2.32. The van der Waals surface area contributed by atoms with Gasteiger partial charge in [0.1, 0.15) is 6.26 Å². The van der Waals surface area contributed by atoms with Gasteiger partial charge in [0, 0.05) is 43.9 Å². The van der Waals surface area contributed by atoms with Gasteiger partial charge in [-0.05, 0) is 47.7 Å². The lowest BCUT2D eigenvalue weighted by molar-refractivity contribution is -0.0448. The van der Waals surface area contributed by atoms with Gasteiger partial charge in [-0.3, -0.25) is 9.69 Å². The summed E-state index contributed by atoms with van der Waals surface area (Å²) in [7, 11) is 3.95. The minimum atomic E-state index is -0.514. The molecule has 1 atom stereocenters. The quantitative estimate of drug-likeness (QED) is 0.230. The third-order valence-electron chi connectivity index (χ3n) is 7.10. The summed E-state index contributed by atoms with van der Waals surface area (Å²) in [6, 6.07) is 26.0. The average Bonchev–Trinajstić information content (AvgIpc) is 3.61. The van der Waals surface area contributed by atoms with Crippen LogP contribution in [0, 0.1) is 0 Å². The maximum atomic E-state index is 14.1. The average molecular weight is 552 g/mol. The molecule has 0 spiro atoms. The van der Waals surface area contributed by atoms with E-state index in [0.717, 1.165) is 22.4 Å². The van der Waals surface area contributed by atoms with E-state index in [-0.39, 0.29) is 17.0 Å². The molecular formula is C34H37N3O4. The number of anilines is 1. The molecule has 3 aromatic carbocycles.